The smallest absolute Gasteiger partial charge is 0.0897 e. The van der Waals surface area contributed by atoms with Crippen molar-refractivity contribution in [2.45, 2.75) is 38.8 Å². The zero-order valence-electron chi connectivity index (χ0n) is 10.4. The predicted molar refractivity (Wildman–Crippen MR) is 68.5 cm³/mol. The van der Waals surface area contributed by atoms with Crippen LogP contribution >= 0.6 is 11.3 Å². The average Bonchev–Trinajstić information content (AvgIpc) is 2.92. The molecule has 3 nitrogen and oxygen atoms in total. The van der Waals surface area contributed by atoms with Gasteiger partial charge in [0.2, 0.25) is 0 Å². The normalized spacial score (nSPS) is 20.1. The average molecular weight is 239 g/mol. The number of likely N-dealkylation sites (N-methyl/N-ethyl adjacent to an activating group) is 1. The van der Waals surface area contributed by atoms with Crippen molar-refractivity contribution >= 4 is 11.3 Å². The van der Waals surface area contributed by atoms with Gasteiger partial charge in [0.1, 0.15) is 0 Å². The molecule has 1 aliphatic carbocycles. The Morgan fingerprint density at radius 2 is 2.31 bits per heavy atom. The van der Waals surface area contributed by atoms with E-state index in [4.69, 9.17) is 5.73 Å². The van der Waals surface area contributed by atoms with E-state index in [1.165, 1.54) is 12.8 Å². The molecule has 1 heterocycles. The van der Waals surface area contributed by atoms with Crippen molar-refractivity contribution in [2.75, 3.05) is 13.6 Å². The summed E-state index contributed by atoms with van der Waals surface area (Å²) in [6, 6.07) is 0. The van der Waals surface area contributed by atoms with Crippen LogP contribution in [0.3, 0.4) is 0 Å². The van der Waals surface area contributed by atoms with Gasteiger partial charge in [0.05, 0.1) is 10.7 Å². The Hall–Kier alpha value is -0.450. The van der Waals surface area contributed by atoms with Gasteiger partial charge in [-0.1, -0.05) is 0 Å². The minimum Gasteiger partial charge on any atom is -0.324 e. The second kappa shape index (κ2) is 4.43. The van der Waals surface area contributed by atoms with E-state index in [-0.39, 0.29) is 5.54 Å². The molecule has 0 saturated heterocycles. The van der Waals surface area contributed by atoms with E-state index >= 15 is 0 Å². The molecule has 1 unspecified atom stereocenters. The number of nitrogens with zero attached hydrogens (tertiary/aromatic N) is 2. The van der Waals surface area contributed by atoms with Gasteiger partial charge in [0.25, 0.3) is 0 Å². The van der Waals surface area contributed by atoms with E-state index in [0.717, 1.165) is 29.7 Å². The van der Waals surface area contributed by atoms with Gasteiger partial charge < -0.3 is 5.73 Å². The zero-order valence-corrected chi connectivity index (χ0v) is 11.2. The minimum absolute atomic E-state index is 0.0280. The van der Waals surface area contributed by atoms with Crippen LogP contribution in [0, 0.1) is 12.8 Å². The molecule has 4 heteroatoms. The van der Waals surface area contributed by atoms with Crippen LogP contribution in [0.4, 0.5) is 0 Å². The number of aryl methyl sites for hydroxylation is 1. The largest absolute Gasteiger partial charge is 0.324 e. The fourth-order valence-electron chi connectivity index (χ4n) is 2.27. The molecule has 1 aliphatic rings. The van der Waals surface area contributed by atoms with Crippen LogP contribution in [0.5, 0.6) is 0 Å². The highest BCUT2D eigenvalue weighted by molar-refractivity contribution is 7.09. The summed E-state index contributed by atoms with van der Waals surface area (Å²) in [6.07, 6.45) is 2.60. The SMILES string of the molecule is Cc1nc(CN(C)CC(C)(N)C2CC2)cs1. The Bertz CT molecular complexity index is 355. The standard InChI is InChI=1S/C12H21N3S/c1-9-14-11(7-16-9)6-15(3)8-12(2,13)10-4-5-10/h7,10H,4-6,8,13H2,1-3H3. The van der Waals surface area contributed by atoms with Gasteiger partial charge in [-0.25, -0.2) is 4.98 Å². The fourth-order valence-corrected chi connectivity index (χ4v) is 2.87. The second-order valence-electron chi connectivity index (χ2n) is 5.31. The third-order valence-electron chi connectivity index (χ3n) is 3.22. The molecule has 0 aliphatic heterocycles. The summed E-state index contributed by atoms with van der Waals surface area (Å²) < 4.78 is 0. The number of hydrogen-bond acceptors (Lipinski definition) is 4. The van der Waals surface area contributed by atoms with Crippen molar-refractivity contribution in [1.29, 1.82) is 0 Å². The molecule has 1 atom stereocenters. The maximum Gasteiger partial charge on any atom is 0.0897 e. The van der Waals surface area contributed by atoms with Crippen molar-refractivity contribution < 1.29 is 0 Å². The molecular weight excluding hydrogens is 218 g/mol. The molecule has 0 bridgehead atoms. The first-order chi connectivity index (χ1) is 7.47. The van der Waals surface area contributed by atoms with Crippen LogP contribution in [-0.2, 0) is 6.54 Å². The first kappa shape index (κ1) is 12.0. The third-order valence-corrected chi connectivity index (χ3v) is 4.04. The maximum atomic E-state index is 6.32. The summed E-state index contributed by atoms with van der Waals surface area (Å²) in [6.45, 7) is 6.08. The molecule has 2 rings (SSSR count). The van der Waals surface area contributed by atoms with E-state index in [1.54, 1.807) is 11.3 Å². The van der Waals surface area contributed by atoms with E-state index in [9.17, 15) is 0 Å². The summed E-state index contributed by atoms with van der Waals surface area (Å²) >= 11 is 1.71. The molecular formula is C12H21N3S. The van der Waals surface area contributed by atoms with Gasteiger partial charge in [0.15, 0.2) is 0 Å². The summed E-state index contributed by atoms with van der Waals surface area (Å²) in [5.41, 5.74) is 7.46. The highest BCUT2D eigenvalue weighted by Crippen LogP contribution is 2.38. The van der Waals surface area contributed by atoms with Gasteiger partial charge in [-0.3, -0.25) is 4.90 Å². The molecule has 1 saturated carbocycles. The Kier molecular flexibility index (Phi) is 3.33. The second-order valence-corrected chi connectivity index (χ2v) is 6.37. The minimum atomic E-state index is -0.0280. The number of rotatable bonds is 5. The van der Waals surface area contributed by atoms with Gasteiger partial charge >= 0.3 is 0 Å². The zero-order chi connectivity index (χ0) is 11.8. The van der Waals surface area contributed by atoms with Crippen molar-refractivity contribution in [3.05, 3.63) is 16.1 Å². The Labute approximate surface area is 102 Å². The first-order valence-electron chi connectivity index (χ1n) is 5.86. The van der Waals surface area contributed by atoms with Crippen molar-refractivity contribution in [3.8, 4) is 0 Å². The van der Waals surface area contributed by atoms with Crippen LogP contribution in [0.15, 0.2) is 5.38 Å². The van der Waals surface area contributed by atoms with Crippen LogP contribution in [-0.4, -0.2) is 29.0 Å². The first-order valence-corrected chi connectivity index (χ1v) is 6.74. The quantitative estimate of drug-likeness (QED) is 0.854. The monoisotopic (exact) mass is 239 g/mol. The number of nitrogens with two attached hydrogens (primary N) is 1. The van der Waals surface area contributed by atoms with Gasteiger partial charge in [-0.15, -0.1) is 11.3 Å². The van der Waals surface area contributed by atoms with Crippen LogP contribution in [0.1, 0.15) is 30.5 Å². The lowest BCUT2D eigenvalue weighted by molar-refractivity contribution is 0.230. The van der Waals surface area contributed by atoms with Crippen LogP contribution in [0.25, 0.3) is 0 Å². The summed E-state index contributed by atoms with van der Waals surface area (Å²) in [7, 11) is 2.13. The molecule has 0 spiro atoms. The molecule has 1 fully saturated rings. The highest BCUT2D eigenvalue weighted by Gasteiger charge is 2.38. The topological polar surface area (TPSA) is 42.2 Å². The lowest BCUT2D eigenvalue weighted by atomic mass is 9.97. The maximum absolute atomic E-state index is 6.32. The Morgan fingerprint density at radius 1 is 1.62 bits per heavy atom. The lowest BCUT2D eigenvalue weighted by Crippen LogP contribution is -2.48. The number of hydrogen-bond donors (Lipinski definition) is 1. The van der Waals surface area contributed by atoms with Gasteiger partial charge in [0, 0.05) is 24.0 Å². The van der Waals surface area contributed by atoms with E-state index in [2.05, 4.69) is 29.2 Å². The van der Waals surface area contributed by atoms with Gasteiger partial charge in [-0.2, -0.15) is 0 Å². The van der Waals surface area contributed by atoms with E-state index in [0.29, 0.717) is 0 Å². The summed E-state index contributed by atoms with van der Waals surface area (Å²) in [5, 5.41) is 3.28. The lowest BCUT2D eigenvalue weighted by Gasteiger charge is -2.30. The van der Waals surface area contributed by atoms with Crippen molar-refractivity contribution in [3.63, 3.8) is 0 Å². The molecule has 16 heavy (non-hydrogen) atoms. The molecule has 0 radical (unpaired) electrons. The van der Waals surface area contributed by atoms with Crippen molar-refractivity contribution in [1.82, 2.24) is 9.88 Å². The Morgan fingerprint density at radius 3 is 2.81 bits per heavy atom. The van der Waals surface area contributed by atoms with Crippen molar-refractivity contribution in [2.24, 2.45) is 11.7 Å². The molecule has 0 aromatic carbocycles. The van der Waals surface area contributed by atoms with Gasteiger partial charge in [-0.05, 0) is 39.7 Å². The highest BCUT2D eigenvalue weighted by atomic mass is 32.1. The third kappa shape index (κ3) is 3.03. The molecule has 1 aromatic rings. The number of thiazole rings is 1. The van der Waals surface area contributed by atoms with E-state index < -0.39 is 0 Å². The summed E-state index contributed by atoms with van der Waals surface area (Å²) in [4.78, 5) is 6.76. The molecule has 2 N–H and O–H groups in total. The fraction of sp³-hybridized carbons (Fsp3) is 0.750. The predicted octanol–water partition coefficient (Wildman–Crippen LogP) is 2.01. The summed E-state index contributed by atoms with van der Waals surface area (Å²) in [5.74, 6) is 0.729. The molecule has 1 aromatic heterocycles. The Balaban J connectivity index is 1.86. The van der Waals surface area contributed by atoms with E-state index in [1.807, 2.05) is 6.92 Å². The molecule has 90 valence electrons. The van der Waals surface area contributed by atoms with Crippen LogP contribution in [0.2, 0.25) is 0 Å². The number of aromatic nitrogens is 1. The molecule has 0 amide bonds. The van der Waals surface area contributed by atoms with Crippen LogP contribution < -0.4 is 5.73 Å².